The summed E-state index contributed by atoms with van der Waals surface area (Å²) in [6.45, 7) is 3.29. The van der Waals surface area contributed by atoms with Gasteiger partial charge in [-0.15, -0.1) is 0 Å². The zero-order chi connectivity index (χ0) is 28.2. The van der Waals surface area contributed by atoms with Crippen LogP contribution in [0.4, 0.5) is 18.9 Å². The van der Waals surface area contributed by atoms with E-state index >= 15 is 0 Å². The predicted octanol–water partition coefficient (Wildman–Crippen LogP) is 3.66. The lowest BCUT2D eigenvalue weighted by Gasteiger charge is -2.36. The summed E-state index contributed by atoms with van der Waals surface area (Å²) in [5.74, 6) is -3.17. The Morgan fingerprint density at radius 3 is 2.53 bits per heavy atom. The molecule has 1 fully saturated rings. The van der Waals surface area contributed by atoms with Crippen molar-refractivity contribution in [1.29, 1.82) is 0 Å². The van der Waals surface area contributed by atoms with Crippen molar-refractivity contribution in [3.05, 3.63) is 35.1 Å². The second-order valence-corrected chi connectivity index (χ2v) is 11.8. The highest BCUT2D eigenvalue weighted by Crippen LogP contribution is 2.48. The molecule has 1 N–H and O–H groups in total. The molecule has 0 radical (unpaired) electrons. The van der Waals surface area contributed by atoms with Gasteiger partial charge in [-0.3, -0.25) is 18.6 Å². The fourth-order valence-electron chi connectivity index (χ4n) is 4.17. The maximum Gasteiger partial charge on any atom is 0.427 e. The number of carboxylic acids is 1. The summed E-state index contributed by atoms with van der Waals surface area (Å²) >= 11 is 6.13. The number of ether oxygens (including phenoxy) is 2. The summed E-state index contributed by atoms with van der Waals surface area (Å²) in [6.07, 6.45) is -4.55. The summed E-state index contributed by atoms with van der Waals surface area (Å²) in [5.41, 5.74) is -2.51. The smallest absolute Gasteiger partial charge is 0.427 e. The Balaban J connectivity index is 1.68. The molecule has 10 nitrogen and oxygen atoms in total. The minimum absolute atomic E-state index is 0.0227. The molecule has 1 aliphatic carbocycles. The number of aryl methyl sites for hydroxylation is 1. The van der Waals surface area contributed by atoms with E-state index in [4.69, 9.17) is 16.3 Å². The first kappa shape index (κ1) is 28.0. The van der Waals surface area contributed by atoms with Crippen LogP contribution in [0.3, 0.4) is 0 Å². The topological polar surface area (TPSA) is 128 Å². The van der Waals surface area contributed by atoms with Crippen molar-refractivity contribution >= 4 is 39.3 Å². The highest BCUT2D eigenvalue weighted by atomic mass is 35.5. The van der Waals surface area contributed by atoms with Crippen molar-refractivity contribution in [2.45, 2.75) is 62.9 Å². The Labute approximate surface area is 221 Å². The van der Waals surface area contributed by atoms with E-state index in [0.717, 1.165) is 18.2 Å². The van der Waals surface area contributed by atoms with Gasteiger partial charge in [0.15, 0.2) is 5.15 Å². The van der Waals surface area contributed by atoms with E-state index in [-0.39, 0.29) is 33.6 Å². The van der Waals surface area contributed by atoms with Crippen molar-refractivity contribution in [3.63, 3.8) is 0 Å². The third kappa shape index (κ3) is 5.28. The Bertz CT molecular complexity index is 1380. The maximum absolute atomic E-state index is 13.7. The fourth-order valence-corrected chi connectivity index (χ4v) is 6.10. The van der Waals surface area contributed by atoms with Gasteiger partial charge in [0.05, 0.1) is 24.6 Å². The molecule has 38 heavy (non-hydrogen) atoms. The van der Waals surface area contributed by atoms with Crippen molar-refractivity contribution < 1.29 is 45.8 Å². The third-order valence-electron chi connectivity index (χ3n) is 6.53. The number of halogens is 4. The van der Waals surface area contributed by atoms with Gasteiger partial charge in [-0.1, -0.05) is 17.7 Å². The zero-order valence-corrected chi connectivity index (χ0v) is 22.1. The molecular weight excluding hydrogens is 555 g/mol. The molecule has 15 heteroatoms. The molecule has 1 saturated carbocycles. The molecule has 2 aromatic rings. The van der Waals surface area contributed by atoms with Gasteiger partial charge in [-0.2, -0.15) is 18.3 Å². The van der Waals surface area contributed by atoms with Gasteiger partial charge in [-0.25, -0.2) is 8.42 Å². The molecule has 0 unspecified atom stereocenters. The van der Waals surface area contributed by atoms with E-state index in [1.54, 1.807) is 6.92 Å². The SMILES string of the molecule is CCn1cc(S(=O)(=O)N2C[C@H]([C@@H]3C[C@@H]3C(=O)O)Oc3ccc(CC(=O)OC(C)(C)C(F)(F)F)cc32)c(Cl)n1. The first-order valence-corrected chi connectivity index (χ1v) is 13.4. The third-order valence-corrected chi connectivity index (χ3v) is 8.70. The van der Waals surface area contributed by atoms with Gasteiger partial charge in [0.25, 0.3) is 10.0 Å². The number of anilines is 1. The van der Waals surface area contributed by atoms with Gasteiger partial charge in [0.1, 0.15) is 16.7 Å². The van der Waals surface area contributed by atoms with Crippen LogP contribution in [0.2, 0.25) is 5.15 Å². The highest BCUT2D eigenvalue weighted by Gasteiger charge is 2.53. The van der Waals surface area contributed by atoms with Crippen LogP contribution in [0, 0.1) is 11.8 Å². The first-order valence-electron chi connectivity index (χ1n) is 11.6. The van der Waals surface area contributed by atoms with Crippen molar-refractivity contribution in [3.8, 4) is 5.75 Å². The number of hydrogen-bond donors (Lipinski definition) is 1. The highest BCUT2D eigenvalue weighted by molar-refractivity contribution is 7.93. The van der Waals surface area contributed by atoms with Crippen LogP contribution < -0.4 is 9.04 Å². The lowest BCUT2D eigenvalue weighted by molar-refractivity contribution is -0.257. The number of benzene rings is 1. The number of aromatic nitrogens is 2. The lowest BCUT2D eigenvalue weighted by atomic mass is 10.1. The van der Waals surface area contributed by atoms with Gasteiger partial charge in [-0.05, 0) is 44.9 Å². The molecule has 3 atom stereocenters. The van der Waals surface area contributed by atoms with Crippen LogP contribution in [0.5, 0.6) is 5.75 Å². The van der Waals surface area contributed by atoms with Gasteiger partial charge in [0.2, 0.25) is 5.60 Å². The van der Waals surface area contributed by atoms with Gasteiger partial charge >= 0.3 is 18.1 Å². The quantitative estimate of drug-likeness (QED) is 0.469. The number of aliphatic carboxylic acids is 1. The molecule has 0 saturated heterocycles. The number of carbonyl (C=O) groups excluding carboxylic acids is 1. The van der Waals surface area contributed by atoms with Crippen LogP contribution >= 0.6 is 11.6 Å². The first-order chi connectivity index (χ1) is 17.5. The number of nitrogens with zero attached hydrogens (tertiary/aromatic N) is 3. The summed E-state index contributed by atoms with van der Waals surface area (Å²) in [7, 11) is -4.34. The number of alkyl halides is 3. The Morgan fingerprint density at radius 1 is 1.29 bits per heavy atom. The standard InChI is InChI=1S/C23H25ClF3N3O7S/c1-4-29-11-18(20(24)28-29)38(34,35)30-10-17(13-9-14(13)21(32)33)36-16-6-5-12(7-15(16)30)8-19(31)37-22(2,3)23(25,26)27/h5-7,11,13-14,17H,4,8-10H2,1-3H3,(H,32,33)/t13-,14+,17-/m1/s1. The summed E-state index contributed by atoms with van der Waals surface area (Å²) in [4.78, 5) is 23.4. The van der Waals surface area contributed by atoms with Crippen LogP contribution in [-0.4, -0.2) is 59.7 Å². The minimum Gasteiger partial charge on any atom is -0.486 e. The number of fused-ring (bicyclic) bond motifs is 1. The number of carbonyl (C=O) groups is 2. The Morgan fingerprint density at radius 2 is 1.97 bits per heavy atom. The van der Waals surface area contributed by atoms with Crippen LogP contribution in [0.25, 0.3) is 0 Å². The lowest BCUT2D eigenvalue weighted by Crippen LogP contribution is -2.45. The molecule has 0 bridgehead atoms. The van der Waals surface area contributed by atoms with E-state index in [1.807, 2.05) is 0 Å². The summed E-state index contributed by atoms with van der Waals surface area (Å²) in [6, 6.07) is 4.10. The average molecular weight is 580 g/mol. The second-order valence-electron chi connectivity index (χ2n) is 9.64. The molecule has 1 aromatic carbocycles. The molecule has 2 aliphatic rings. The largest absolute Gasteiger partial charge is 0.486 e. The van der Waals surface area contributed by atoms with Gasteiger partial charge < -0.3 is 14.6 Å². The van der Waals surface area contributed by atoms with Crippen LogP contribution in [0.1, 0.15) is 32.8 Å². The van der Waals surface area contributed by atoms with Crippen LogP contribution in [0.15, 0.2) is 29.3 Å². The Hall–Kier alpha value is -3.00. The average Bonchev–Trinajstić information content (AvgIpc) is 3.52. The van der Waals surface area contributed by atoms with E-state index in [9.17, 15) is 36.3 Å². The molecular formula is C23H25ClF3N3O7S. The van der Waals surface area contributed by atoms with Gasteiger partial charge in [0, 0.05) is 18.7 Å². The maximum atomic E-state index is 13.7. The molecule has 4 rings (SSSR count). The van der Waals surface area contributed by atoms with Crippen LogP contribution in [-0.2, 0) is 37.3 Å². The van der Waals surface area contributed by atoms with Crippen molar-refractivity contribution in [2.75, 3.05) is 10.8 Å². The van der Waals surface area contributed by atoms with Crippen molar-refractivity contribution in [1.82, 2.24) is 9.78 Å². The van der Waals surface area contributed by atoms with Crippen molar-refractivity contribution in [2.24, 2.45) is 11.8 Å². The predicted molar refractivity (Wildman–Crippen MR) is 127 cm³/mol. The summed E-state index contributed by atoms with van der Waals surface area (Å²) < 4.78 is 79.8. The number of carboxylic acid groups (broad SMARTS) is 1. The summed E-state index contributed by atoms with van der Waals surface area (Å²) in [5, 5.41) is 13.1. The van der Waals surface area contributed by atoms with E-state index in [2.05, 4.69) is 9.84 Å². The minimum atomic E-state index is -4.79. The van der Waals surface area contributed by atoms with E-state index in [0.29, 0.717) is 13.0 Å². The molecule has 2 heterocycles. The number of rotatable bonds is 8. The number of hydrogen-bond acceptors (Lipinski definition) is 7. The molecule has 1 aromatic heterocycles. The number of esters is 1. The molecule has 208 valence electrons. The zero-order valence-electron chi connectivity index (χ0n) is 20.5. The fraction of sp³-hybridized carbons (Fsp3) is 0.522. The molecule has 0 spiro atoms. The molecule has 0 amide bonds. The Kier molecular flexibility index (Phi) is 7.10. The number of sulfonamides is 1. The normalized spacial score (nSPS) is 21.4. The van der Waals surface area contributed by atoms with E-state index in [1.165, 1.54) is 29.1 Å². The molecule has 1 aliphatic heterocycles. The monoisotopic (exact) mass is 579 g/mol. The van der Waals surface area contributed by atoms with E-state index < -0.39 is 58.1 Å². The second kappa shape index (κ2) is 9.63.